The summed E-state index contributed by atoms with van der Waals surface area (Å²) in [4.78, 5) is 12.0. The van der Waals surface area contributed by atoms with Crippen LogP contribution in [0.1, 0.15) is 6.42 Å². The number of ether oxygens (including phenoxy) is 1. The molecule has 1 amide bonds. The molecule has 0 atom stereocenters. The summed E-state index contributed by atoms with van der Waals surface area (Å²) in [5.74, 6) is -0.335. The van der Waals surface area contributed by atoms with E-state index in [1.165, 1.54) is 7.05 Å². The largest absolute Gasteiger partial charge is 0.385 e. The van der Waals surface area contributed by atoms with Crippen molar-refractivity contribution in [3.63, 3.8) is 0 Å². The number of likely N-dealkylation sites (N-methyl/N-ethyl adjacent to an activating group) is 1. The molecule has 2 aromatic carbocycles. The SMILES string of the molecule is COCCCNC(=O)CN(C)S(=O)(=O)c1ccc2ccccc2c1. The molecule has 0 aromatic heterocycles. The zero-order valence-electron chi connectivity index (χ0n) is 13.9. The second kappa shape index (κ2) is 8.23. The van der Waals surface area contributed by atoms with Gasteiger partial charge in [-0.15, -0.1) is 0 Å². The average Bonchev–Trinajstić information content (AvgIpc) is 2.58. The first-order valence-corrected chi connectivity index (χ1v) is 9.10. The Hall–Kier alpha value is -1.96. The van der Waals surface area contributed by atoms with Gasteiger partial charge in [0.1, 0.15) is 0 Å². The summed E-state index contributed by atoms with van der Waals surface area (Å²) in [6.07, 6.45) is 0.684. The molecule has 130 valence electrons. The van der Waals surface area contributed by atoms with E-state index in [1.54, 1.807) is 25.3 Å². The van der Waals surface area contributed by atoms with Crippen molar-refractivity contribution in [2.75, 3.05) is 33.9 Å². The fraction of sp³-hybridized carbons (Fsp3) is 0.353. The molecular weight excluding hydrogens is 328 g/mol. The first-order valence-electron chi connectivity index (χ1n) is 7.66. The number of carbonyl (C=O) groups is 1. The van der Waals surface area contributed by atoms with Crippen molar-refractivity contribution in [2.24, 2.45) is 0 Å². The molecule has 0 aliphatic heterocycles. The lowest BCUT2D eigenvalue weighted by Gasteiger charge is -2.17. The van der Waals surface area contributed by atoms with E-state index in [0.717, 1.165) is 15.1 Å². The number of fused-ring (bicyclic) bond motifs is 1. The predicted molar refractivity (Wildman–Crippen MR) is 93.3 cm³/mol. The zero-order chi connectivity index (χ0) is 17.6. The average molecular weight is 350 g/mol. The van der Waals surface area contributed by atoms with E-state index in [0.29, 0.717) is 19.6 Å². The lowest BCUT2D eigenvalue weighted by atomic mass is 10.1. The van der Waals surface area contributed by atoms with Gasteiger partial charge in [-0.05, 0) is 29.3 Å². The van der Waals surface area contributed by atoms with Crippen molar-refractivity contribution in [3.8, 4) is 0 Å². The van der Waals surface area contributed by atoms with Crippen LogP contribution in [0, 0.1) is 0 Å². The second-order valence-electron chi connectivity index (χ2n) is 5.47. The number of sulfonamides is 1. The number of hydrogen-bond acceptors (Lipinski definition) is 4. The highest BCUT2D eigenvalue weighted by atomic mass is 32.2. The monoisotopic (exact) mass is 350 g/mol. The Morgan fingerprint density at radius 2 is 1.88 bits per heavy atom. The van der Waals surface area contributed by atoms with Crippen LogP contribution >= 0.6 is 0 Å². The van der Waals surface area contributed by atoms with Crippen molar-refractivity contribution < 1.29 is 17.9 Å². The van der Waals surface area contributed by atoms with Crippen molar-refractivity contribution in [3.05, 3.63) is 42.5 Å². The van der Waals surface area contributed by atoms with E-state index in [1.807, 2.05) is 24.3 Å². The number of carbonyl (C=O) groups excluding carboxylic acids is 1. The van der Waals surface area contributed by atoms with Crippen LogP contribution in [0.5, 0.6) is 0 Å². The maximum atomic E-state index is 12.6. The van der Waals surface area contributed by atoms with Gasteiger partial charge in [0, 0.05) is 27.3 Å². The Balaban J connectivity index is 2.06. The minimum Gasteiger partial charge on any atom is -0.385 e. The molecule has 0 saturated heterocycles. The molecule has 0 bridgehead atoms. The van der Waals surface area contributed by atoms with Crippen LogP contribution in [-0.2, 0) is 19.6 Å². The lowest BCUT2D eigenvalue weighted by Crippen LogP contribution is -2.38. The summed E-state index contributed by atoms with van der Waals surface area (Å²) in [5, 5.41) is 4.49. The molecule has 0 heterocycles. The Labute approximate surface area is 142 Å². The van der Waals surface area contributed by atoms with Gasteiger partial charge in [0.05, 0.1) is 11.4 Å². The minimum absolute atomic E-state index is 0.177. The third-order valence-corrected chi connectivity index (χ3v) is 5.44. The molecule has 6 nitrogen and oxygen atoms in total. The van der Waals surface area contributed by atoms with Crippen LogP contribution in [-0.4, -0.2) is 52.5 Å². The fourth-order valence-electron chi connectivity index (χ4n) is 2.30. The van der Waals surface area contributed by atoms with Gasteiger partial charge in [-0.2, -0.15) is 4.31 Å². The standard InChI is InChI=1S/C17H22N2O4S/c1-19(13-17(20)18-10-5-11-23-2)24(21,22)16-9-8-14-6-3-4-7-15(14)12-16/h3-4,6-9,12H,5,10-11,13H2,1-2H3,(H,18,20). The molecule has 0 fully saturated rings. The van der Waals surface area contributed by atoms with E-state index < -0.39 is 10.0 Å². The molecule has 0 aliphatic carbocycles. The van der Waals surface area contributed by atoms with E-state index in [-0.39, 0.29) is 17.3 Å². The van der Waals surface area contributed by atoms with Crippen LogP contribution in [0.2, 0.25) is 0 Å². The molecule has 0 spiro atoms. The number of amides is 1. The number of nitrogens with zero attached hydrogens (tertiary/aromatic N) is 1. The van der Waals surface area contributed by atoms with E-state index in [9.17, 15) is 13.2 Å². The zero-order valence-corrected chi connectivity index (χ0v) is 14.7. The summed E-state index contributed by atoms with van der Waals surface area (Å²) in [7, 11) is -0.722. The van der Waals surface area contributed by atoms with Gasteiger partial charge in [0.2, 0.25) is 15.9 Å². The molecule has 2 rings (SSSR count). The van der Waals surface area contributed by atoms with Gasteiger partial charge in [-0.1, -0.05) is 30.3 Å². The number of nitrogens with one attached hydrogen (secondary N) is 1. The van der Waals surface area contributed by atoms with Crippen LogP contribution in [0.25, 0.3) is 10.8 Å². The van der Waals surface area contributed by atoms with Gasteiger partial charge in [0.15, 0.2) is 0 Å². The maximum absolute atomic E-state index is 12.6. The number of methoxy groups -OCH3 is 1. The van der Waals surface area contributed by atoms with E-state index in [2.05, 4.69) is 5.32 Å². The summed E-state index contributed by atoms with van der Waals surface area (Å²) >= 11 is 0. The Kier molecular flexibility index (Phi) is 6.30. The number of hydrogen-bond donors (Lipinski definition) is 1. The summed E-state index contributed by atoms with van der Waals surface area (Å²) in [6, 6.07) is 12.5. The quantitative estimate of drug-likeness (QED) is 0.734. The van der Waals surface area contributed by atoms with Crippen molar-refractivity contribution >= 4 is 26.7 Å². The molecular formula is C17H22N2O4S. The van der Waals surface area contributed by atoms with E-state index in [4.69, 9.17) is 4.74 Å². The summed E-state index contributed by atoms with van der Waals surface area (Å²) in [5.41, 5.74) is 0. The first-order chi connectivity index (χ1) is 11.4. The Morgan fingerprint density at radius 1 is 1.17 bits per heavy atom. The van der Waals surface area contributed by atoms with E-state index >= 15 is 0 Å². The summed E-state index contributed by atoms with van der Waals surface area (Å²) < 4.78 is 31.2. The van der Waals surface area contributed by atoms with Crippen molar-refractivity contribution in [2.45, 2.75) is 11.3 Å². The minimum atomic E-state index is -3.71. The van der Waals surface area contributed by atoms with Crippen LogP contribution in [0.15, 0.2) is 47.4 Å². The molecule has 0 radical (unpaired) electrons. The van der Waals surface area contributed by atoms with Gasteiger partial charge >= 0.3 is 0 Å². The van der Waals surface area contributed by atoms with Gasteiger partial charge in [-0.3, -0.25) is 4.79 Å². The normalized spacial score (nSPS) is 11.8. The van der Waals surface area contributed by atoms with Gasteiger partial charge in [0.25, 0.3) is 0 Å². The van der Waals surface area contributed by atoms with Gasteiger partial charge in [-0.25, -0.2) is 8.42 Å². The second-order valence-corrected chi connectivity index (χ2v) is 7.51. The Bertz CT molecular complexity index is 805. The molecule has 24 heavy (non-hydrogen) atoms. The third-order valence-electron chi connectivity index (χ3n) is 3.64. The smallest absolute Gasteiger partial charge is 0.243 e. The van der Waals surface area contributed by atoms with Gasteiger partial charge < -0.3 is 10.1 Å². The third kappa shape index (κ3) is 4.53. The molecule has 0 aliphatic rings. The molecule has 7 heteroatoms. The number of rotatable bonds is 8. The summed E-state index contributed by atoms with van der Waals surface area (Å²) in [6.45, 7) is 0.782. The molecule has 1 N–H and O–H groups in total. The topological polar surface area (TPSA) is 75.7 Å². The van der Waals surface area contributed by atoms with Crippen LogP contribution in [0.4, 0.5) is 0 Å². The molecule has 2 aromatic rings. The highest BCUT2D eigenvalue weighted by molar-refractivity contribution is 7.89. The lowest BCUT2D eigenvalue weighted by molar-refractivity contribution is -0.121. The maximum Gasteiger partial charge on any atom is 0.243 e. The van der Waals surface area contributed by atoms with Crippen molar-refractivity contribution in [1.82, 2.24) is 9.62 Å². The van der Waals surface area contributed by atoms with Crippen LogP contribution < -0.4 is 5.32 Å². The predicted octanol–water partition coefficient (Wildman–Crippen LogP) is 1.61. The highest BCUT2D eigenvalue weighted by Crippen LogP contribution is 2.21. The number of benzene rings is 2. The van der Waals surface area contributed by atoms with Crippen LogP contribution in [0.3, 0.4) is 0 Å². The Morgan fingerprint density at radius 3 is 2.58 bits per heavy atom. The highest BCUT2D eigenvalue weighted by Gasteiger charge is 2.23. The first kappa shape index (κ1) is 18.4. The fourth-order valence-corrected chi connectivity index (χ4v) is 3.46. The molecule has 0 saturated carbocycles. The van der Waals surface area contributed by atoms with Crippen molar-refractivity contribution in [1.29, 1.82) is 0 Å². The molecule has 0 unspecified atom stereocenters.